The first-order chi connectivity index (χ1) is 8.03. The van der Waals surface area contributed by atoms with Crippen molar-refractivity contribution in [2.24, 2.45) is 5.92 Å². The van der Waals surface area contributed by atoms with Gasteiger partial charge in [-0.3, -0.25) is 4.79 Å². The highest BCUT2D eigenvalue weighted by Crippen LogP contribution is 2.52. The van der Waals surface area contributed by atoms with Crippen LogP contribution in [0.3, 0.4) is 0 Å². The van der Waals surface area contributed by atoms with Gasteiger partial charge >= 0.3 is 0 Å². The predicted octanol–water partition coefficient (Wildman–Crippen LogP) is 4.02. The van der Waals surface area contributed by atoms with E-state index in [2.05, 4.69) is 51.8 Å². The van der Waals surface area contributed by atoms with E-state index >= 15 is 0 Å². The zero-order valence-corrected chi connectivity index (χ0v) is 14.1. The van der Waals surface area contributed by atoms with Crippen molar-refractivity contribution in [3.05, 3.63) is 22.8 Å². The molecule has 0 spiro atoms. The van der Waals surface area contributed by atoms with Crippen LogP contribution in [-0.2, 0) is 4.79 Å². The molecule has 3 heteroatoms. The van der Waals surface area contributed by atoms with Crippen LogP contribution in [0, 0.1) is 5.92 Å². The lowest BCUT2D eigenvalue weighted by atomic mass is 10.0. The van der Waals surface area contributed by atoms with Gasteiger partial charge in [-0.15, -0.1) is 0 Å². The summed E-state index contributed by atoms with van der Waals surface area (Å²) in [7, 11) is -1.90. The quantitative estimate of drug-likeness (QED) is 0.767. The maximum absolute atomic E-state index is 12.0. The first-order valence-electron chi connectivity index (χ1n) is 6.72. The molecule has 18 heavy (non-hydrogen) atoms. The SMILES string of the molecule is CC1=CC(C)([Si](C)(C)NC(=O)C(C)C)C(C)=C1C. The van der Waals surface area contributed by atoms with Crippen molar-refractivity contribution in [2.75, 3.05) is 0 Å². The highest BCUT2D eigenvalue weighted by molar-refractivity contribution is 6.81. The van der Waals surface area contributed by atoms with E-state index in [-0.39, 0.29) is 16.9 Å². The fraction of sp³-hybridized carbons (Fsp3) is 0.667. The smallest absolute Gasteiger partial charge is 0.214 e. The molecule has 1 N–H and O–H groups in total. The number of nitrogens with one attached hydrogen (secondary N) is 1. The molecule has 0 aromatic rings. The first kappa shape index (κ1) is 15.2. The van der Waals surface area contributed by atoms with Gasteiger partial charge < -0.3 is 4.98 Å². The fourth-order valence-corrected chi connectivity index (χ4v) is 5.43. The van der Waals surface area contributed by atoms with Crippen LogP contribution >= 0.6 is 0 Å². The summed E-state index contributed by atoms with van der Waals surface area (Å²) in [5.74, 6) is 0.230. The molecule has 0 radical (unpaired) electrons. The van der Waals surface area contributed by atoms with Crippen LogP contribution in [0.4, 0.5) is 0 Å². The van der Waals surface area contributed by atoms with Gasteiger partial charge in [0.15, 0.2) is 8.24 Å². The molecule has 102 valence electrons. The van der Waals surface area contributed by atoms with Crippen LogP contribution in [0.2, 0.25) is 18.1 Å². The summed E-state index contributed by atoms with van der Waals surface area (Å²) in [6, 6.07) is 0. The molecule has 1 amide bonds. The molecular formula is C15H27NOSi. The lowest BCUT2D eigenvalue weighted by Crippen LogP contribution is -2.57. The van der Waals surface area contributed by atoms with E-state index in [0.717, 1.165) is 0 Å². The minimum absolute atomic E-state index is 0.0334. The van der Waals surface area contributed by atoms with Crippen LogP contribution in [0.25, 0.3) is 0 Å². The lowest BCUT2D eigenvalue weighted by molar-refractivity contribution is -0.122. The van der Waals surface area contributed by atoms with Crippen LogP contribution in [0.15, 0.2) is 22.8 Å². The van der Waals surface area contributed by atoms with E-state index in [1.54, 1.807) is 0 Å². The average Bonchev–Trinajstić information content (AvgIpc) is 2.43. The number of amides is 1. The van der Waals surface area contributed by atoms with Gasteiger partial charge in [-0.25, -0.2) is 0 Å². The highest BCUT2D eigenvalue weighted by Gasteiger charge is 2.47. The monoisotopic (exact) mass is 265 g/mol. The molecular weight excluding hydrogens is 238 g/mol. The zero-order chi connectivity index (χ0) is 14.3. The summed E-state index contributed by atoms with van der Waals surface area (Å²) in [5, 5.41) is 0.0334. The van der Waals surface area contributed by atoms with Crippen molar-refractivity contribution >= 4 is 14.1 Å². The van der Waals surface area contributed by atoms with E-state index in [1.165, 1.54) is 16.7 Å². The van der Waals surface area contributed by atoms with E-state index in [0.29, 0.717) is 0 Å². The standard InChI is InChI=1S/C15H27NOSi/c1-10(2)14(17)16-18(7,8)15(6)9-11(3)12(4)13(15)5/h9-10H,1-8H3,(H,16,17). The minimum atomic E-state index is -1.90. The topological polar surface area (TPSA) is 29.1 Å². The Kier molecular flexibility index (Phi) is 3.96. The predicted molar refractivity (Wildman–Crippen MR) is 81.0 cm³/mol. The molecule has 0 aromatic carbocycles. The third kappa shape index (κ3) is 2.33. The Balaban J connectivity index is 3.10. The second-order valence-electron chi connectivity index (χ2n) is 6.55. The van der Waals surface area contributed by atoms with Crippen LogP contribution in [-0.4, -0.2) is 14.1 Å². The Hall–Kier alpha value is -0.833. The van der Waals surface area contributed by atoms with Crippen molar-refractivity contribution in [3.8, 4) is 0 Å². The van der Waals surface area contributed by atoms with Gasteiger partial charge in [0.05, 0.1) is 0 Å². The maximum atomic E-state index is 12.0. The summed E-state index contributed by atoms with van der Waals surface area (Å²) >= 11 is 0. The normalized spacial score (nSPS) is 24.6. The van der Waals surface area contributed by atoms with Crippen molar-refractivity contribution in [1.82, 2.24) is 4.98 Å². The number of allylic oxidation sites excluding steroid dienone is 4. The van der Waals surface area contributed by atoms with Crippen molar-refractivity contribution in [3.63, 3.8) is 0 Å². The molecule has 0 aromatic heterocycles. The number of rotatable bonds is 3. The second-order valence-corrected chi connectivity index (χ2v) is 11.1. The molecule has 2 nitrogen and oxygen atoms in total. The Labute approximate surface area is 113 Å². The first-order valence-corrected chi connectivity index (χ1v) is 9.72. The molecule has 1 rings (SSSR count). The van der Waals surface area contributed by atoms with Crippen LogP contribution in [0.1, 0.15) is 41.5 Å². The second kappa shape index (κ2) is 4.69. The van der Waals surface area contributed by atoms with Crippen molar-refractivity contribution < 1.29 is 4.79 Å². The molecule has 1 atom stereocenters. The number of hydrogen-bond donors (Lipinski definition) is 1. The Morgan fingerprint density at radius 2 is 1.78 bits per heavy atom. The molecule has 1 unspecified atom stereocenters. The maximum Gasteiger partial charge on any atom is 0.214 e. The molecule has 0 aliphatic heterocycles. The number of hydrogen-bond acceptors (Lipinski definition) is 1. The van der Waals surface area contributed by atoms with Gasteiger partial charge in [-0.2, -0.15) is 0 Å². The molecule has 0 bridgehead atoms. The Morgan fingerprint density at radius 1 is 1.28 bits per heavy atom. The largest absolute Gasteiger partial charge is 0.381 e. The summed E-state index contributed by atoms with van der Waals surface area (Å²) in [6.07, 6.45) is 2.35. The summed E-state index contributed by atoms with van der Waals surface area (Å²) < 4.78 is 0. The zero-order valence-electron chi connectivity index (χ0n) is 13.1. The van der Waals surface area contributed by atoms with Crippen molar-refractivity contribution in [2.45, 2.75) is 59.7 Å². The van der Waals surface area contributed by atoms with E-state index in [1.807, 2.05) is 13.8 Å². The average molecular weight is 265 g/mol. The summed E-state index contributed by atoms with van der Waals surface area (Å²) in [6.45, 7) is 17.2. The molecule has 0 fully saturated rings. The van der Waals surface area contributed by atoms with Gasteiger partial charge in [0.2, 0.25) is 5.91 Å². The van der Waals surface area contributed by atoms with Crippen LogP contribution < -0.4 is 4.98 Å². The van der Waals surface area contributed by atoms with Gasteiger partial charge in [0.25, 0.3) is 0 Å². The summed E-state index contributed by atoms with van der Waals surface area (Å²) in [5.41, 5.74) is 4.16. The third-order valence-electron chi connectivity index (χ3n) is 4.70. The molecule has 0 heterocycles. The van der Waals surface area contributed by atoms with Crippen molar-refractivity contribution in [1.29, 1.82) is 0 Å². The minimum Gasteiger partial charge on any atom is -0.381 e. The van der Waals surface area contributed by atoms with Gasteiger partial charge in [0.1, 0.15) is 0 Å². The highest BCUT2D eigenvalue weighted by atomic mass is 28.3. The third-order valence-corrected chi connectivity index (χ3v) is 8.68. The Bertz CT molecular complexity index is 432. The Morgan fingerprint density at radius 3 is 2.11 bits per heavy atom. The van der Waals surface area contributed by atoms with E-state index in [9.17, 15) is 4.79 Å². The van der Waals surface area contributed by atoms with Gasteiger partial charge in [-0.1, -0.05) is 51.1 Å². The van der Waals surface area contributed by atoms with E-state index in [4.69, 9.17) is 0 Å². The number of carbonyl (C=O) groups excluding carboxylic acids is 1. The molecule has 0 saturated carbocycles. The molecule has 1 aliphatic carbocycles. The van der Waals surface area contributed by atoms with E-state index < -0.39 is 8.24 Å². The lowest BCUT2D eigenvalue weighted by Gasteiger charge is -2.41. The number of carbonyl (C=O) groups is 1. The summed E-state index contributed by atoms with van der Waals surface area (Å²) in [4.78, 5) is 15.3. The van der Waals surface area contributed by atoms with Crippen LogP contribution in [0.5, 0.6) is 0 Å². The molecule has 1 aliphatic rings. The van der Waals surface area contributed by atoms with Gasteiger partial charge in [-0.05, 0) is 26.3 Å². The molecule has 0 saturated heterocycles. The van der Waals surface area contributed by atoms with Gasteiger partial charge in [0, 0.05) is 11.0 Å². The fourth-order valence-electron chi connectivity index (χ4n) is 2.57.